The summed E-state index contributed by atoms with van der Waals surface area (Å²) in [5.74, 6) is 0.411. The van der Waals surface area contributed by atoms with Crippen LogP contribution < -0.4 is 0 Å². The Labute approximate surface area is 133 Å². The van der Waals surface area contributed by atoms with Gasteiger partial charge < -0.3 is 18.9 Å². The van der Waals surface area contributed by atoms with E-state index in [1.54, 1.807) is 28.4 Å². The van der Waals surface area contributed by atoms with Crippen LogP contribution in [0.2, 0.25) is 0 Å². The molecule has 0 spiro atoms. The van der Waals surface area contributed by atoms with E-state index in [4.69, 9.17) is 18.9 Å². The van der Waals surface area contributed by atoms with E-state index < -0.39 is 0 Å². The first-order chi connectivity index (χ1) is 10.7. The number of carbonyl (C=O) groups excluding carboxylic acids is 1. The summed E-state index contributed by atoms with van der Waals surface area (Å²) in [6.07, 6.45) is 5.41. The fraction of sp³-hybridized carbons (Fsp3) is 0.941. The highest BCUT2D eigenvalue weighted by Gasteiger charge is 2.45. The van der Waals surface area contributed by atoms with Crippen molar-refractivity contribution in [3.05, 3.63) is 0 Å². The lowest BCUT2D eigenvalue weighted by molar-refractivity contribution is -0.164. The Morgan fingerprint density at radius 3 is 1.86 bits per heavy atom. The first-order valence-electron chi connectivity index (χ1n) is 8.31. The van der Waals surface area contributed by atoms with Gasteiger partial charge >= 0.3 is 0 Å². The molecule has 0 aromatic rings. The predicted molar refractivity (Wildman–Crippen MR) is 82.9 cm³/mol. The number of carbonyl (C=O) groups is 1. The Morgan fingerprint density at radius 1 is 0.727 bits per heavy atom. The van der Waals surface area contributed by atoms with Crippen molar-refractivity contribution in [2.45, 2.75) is 62.9 Å². The normalized spacial score (nSPS) is 39.6. The fourth-order valence-electron chi connectivity index (χ4n) is 4.14. The SMILES string of the molecule is COC1CCC(C(=O)C2CCC(OC)C(OC)C2OC)CC1. The van der Waals surface area contributed by atoms with Crippen molar-refractivity contribution in [2.24, 2.45) is 11.8 Å². The molecule has 2 saturated carbocycles. The summed E-state index contributed by atoms with van der Waals surface area (Å²) in [5.41, 5.74) is 0. The molecule has 2 rings (SSSR count). The molecule has 0 aromatic carbocycles. The van der Waals surface area contributed by atoms with Gasteiger partial charge in [-0.1, -0.05) is 0 Å². The van der Waals surface area contributed by atoms with Crippen molar-refractivity contribution in [1.82, 2.24) is 0 Å². The van der Waals surface area contributed by atoms with E-state index in [0.717, 1.165) is 38.5 Å². The highest BCUT2D eigenvalue weighted by Crippen LogP contribution is 2.36. The molecule has 4 unspecified atom stereocenters. The molecule has 0 heterocycles. The number of hydrogen-bond donors (Lipinski definition) is 0. The summed E-state index contributed by atoms with van der Waals surface area (Å²) >= 11 is 0. The summed E-state index contributed by atoms with van der Waals surface area (Å²) in [7, 11) is 6.77. The molecule has 0 amide bonds. The lowest BCUT2D eigenvalue weighted by Crippen LogP contribution is -2.52. The van der Waals surface area contributed by atoms with E-state index in [9.17, 15) is 4.79 Å². The van der Waals surface area contributed by atoms with Gasteiger partial charge in [-0.15, -0.1) is 0 Å². The van der Waals surface area contributed by atoms with Gasteiger partial charge in [-0.25, -0.2) is 0 Å². The molecule has 0 saturated heterocycles. The smallest absolute Gasteiger partial charge is 0.141 e. The quantitative estimate of drug-likeness (QED) is 0.752. The third-order valence-electron chi connectivity index (χ3n) is 5.47. The maximum atomic E-state index is 13.0. The summed E-state index contributed by atoms with van der Waals surface area (Å²) in [6.45, 7) is 0. The average molecular weight is 314 g/mol. The van der Waals surface area contributed by atoms with E-state index in [1.807, 2.05) is 0 Å². The van der Waals surface area contributed by atoms with Gasteiger partial charge in [0.05, 0.1) is 18.3 Å². The van der Waals surface area contributed by atoms with Crippen molar-refractivity contribution in [1.29, 1.82) is 0 Å². The Balaban J connectivity index is 2.02. The van der Waals surface area contributed by atoms with Gasteiger partial charge in [-0.05, 0) is 38.5 Å². The molecule has 0 bridgehead atoms. The molecule has 128 valence electrons. The molecule has 5 nitrogen and oxygen atoms in total. The minimum atomic E-state index is -0.212. The maximum Gasteiger partial charge on any atom is 0.141 e. The van der Waals surface area contributed by atoms with Gasteiger partial charge in [0, 0.05) is 40.3 Å². The van der Waals surface area contributed by atoms with Crippen LogP contribution in [0.25, 0.3) is 0 Å². The minimum absolute atomic E-state index is 0.00299. The topological polar surface area (TPSA) is 54.0 Å². The van der Waals surface area contributed by atoms with Gasteiger partial charge in [0.1, 0.15) is 11.9 Å². The second-order valence-corrected chi connectivity index (χ2v) is 6.47. The van der Waals surface area contributed by atoms with E-state index in [-0.39, 0.29) is 30.1 Å². The standard InChI is InChI=1S/C17H30O5/c1-19-12-7-5-11(6-8-12)15(18)13-9-10-14(20-2)17(22-4)16(13)21-3/h11-14,16-17H,5-10H2,1-4H3. The van der Waals surface area contributed by atoms with E-state index in [0.29, 0.717) is 11.9 Å². The molecule has 2 fully saturated rings. The monoisotopic (exact) mass is 314 g/mol. The van der Waals surface area contributed by atoms with Gasteiger partial charge in [0.25, 0.3) is 0 Å². The van der Waals surface area contributed by atoms with Crippen LogP contribution in [0.5, 0.6) is 0 Å². The Bertz CT molecular complexity index is 351. The molecule has 2 aliphatic rings. The van der Waals surface area contributed by atoms with Crippen molar-refractivity contribution in [3.8, 4) is 0 Å². The van der Waals surface area contributed by atoms with Crippen LogP contribution in [0.3, 0.4) is 0 Å². The van der Waals surface area contributed by atoms with E-state index >= 15 is 0 Å². The van der Waals surface area contributed by atoms with Crippen LogP contribution in [-0.2, 0) is 23.7 Å². The summed E-state index contributed by atoms with van der Waals surface area (Å²) in [4.78, 5) is 13.0. The zero-order valence-corrected chi connectivity index (χ0v) is 14.2. The summed E-state index contributed by atoms with van der Waals surface area (Å²) < 4.78 is 22.1. The van der Waals surface area contributed by atoms with Crippen LogP contribution in [-0.4, -0.2) is 58.6 Å². The van der Waals surface area contributed by atoms with Gasteiger partial charge in [-0.2, -0.15) is 0 Å². The van der Waals surface area contributed by atoms with Crippen molar-refractivity contribution < 1.29 is 23.7 Å². The van der Waals surface area contributed by atoms with Gasteiger partial charge in [0.15, 0.2) is 0 Å². The van der Waals surface area contributed by atoms with Crippen LogP contribution in [0.1, 0.15) is 38.5 Å². The largest absolute Gasteiger partial charge is 0.381 e. The fourth-order valence-corrected chi connectivity index (χ4v) is 4.14. The lowest BCUT2D eigenvalue weighted by atomic mass is 9.73. The second kappa shape index (κ2) is 8.39. The number of Topliss-reactive ketones (excluding diaryl/α,β-unsaturated/α-hetero) is 1. The Hall–Kier alpha value is -0.490. The molecule has 0 radical (unpaired) electrons. The second-order valence-electron chi connectivity index (χ2n) is 6.47. The molecular formula is C17H30O5. The van der Waals surface area contributed by atoms with E-state index in [2.05, 4.69) is 0 Å². The maximum absolute atomic E-state index is 13.0. The lowest BCUT2D eigenvalue weighted by Gasteiger charge is -2.41. The average Bonchev–Trinajstić information content (AvgIpc) is 2.59. The first kappa shape index (κ1) is 17.9. The molecule has 0 aromatic heterocycles. The molecule has 0 N–H and O–H groups in total. The molecule has 5 heteroatoms. The van der Waals surface area contributed by atoms with Crippen LogP contribution in [0.15, 0.2) is 0 Å². The number of methoxy groups -OCH3 is 4. The Kier molecular flexibility index (Phi) is 6.81. The number of hydrogen-bond acceptors (Lipinski definition) is 5. The van der Waals surface area contributed by atoms with E-state index in [1.165, 1.54) is 0 Å². The first-order valence-corrected chi connectivity index (χ1v) is 8.31. The minimum Gasteiger partial charge on any atom is -0.381 e. The number of ketones is 1. The summed E-state index contributed by atoms with van der Waals surface area (Å²) in [5, 5.41) is 0. The van der Waals surface area contributed by atoms with Crippen molar-refractivity contribution in [2.75, 3.05) is 28.4 Å². The third-order valence-corrected chi connectivity index (χ3v) is 5.47. The van der Waals surface area contributed by atoms with Crippen LogP contribution in [0, 0.1) is 11.8 Å². The molecule has 0 aliphatic heterocycles. The third kappa shape index (κ3) is 3.70. The summed E-state index contributed by atoms with van der Waals surface area (Å²) in [6, 6.07) is 0. The molecule has 2 aliphatic carbocycles. The van der Waals surface area contributed by atoms with Gasteiger partial charge in [0.2, 0.25) is 0 Å². The van der Waals surface area contributed by atoms with Gasteiger partial charge in [-0.3, -0.25) is 4.79 Å². The van der Waals surface area contributed by atoms with Crippen LogP contribution in [0.4, 0.5) is 0 Å². The van der Waals surface area contributed by atoms with Crippen LogP contribution >= 0.6 is 0 Å². The highest BCUT2D eigenvalue weighted by molar-refractivity contribution is 5.84. The number of rotatable bonds is 6. The zero-order chi connectivity index (χ0) is 16.1. The molecule has 4 atom stereocenters. The number of ether oxygens (including phenoxy) is 4. The molecule has 22 heavy (non-hydrogen) atoms. The Morgan fingerprint density at radius 2 is 1.36 bits per heavy atom. The highest BCUT2D eigenvalue weighted by atomic mass is 16.6. The predicted octanol–water partition coefficient (Wildman–Crippen LogP) is 2.22. The zero-order valence-electron chi connectivity index (χ0n) is 14.2. The van der Waals surface area contributed by atoms with Crippen molar-refractivity contribution in [3.63, 3.8) is 0 Å². The van der Waals surface area contributed by atoms with Crippen molar-refractivity contribution >= 4 is 5.78 Å². The molecular weight excluding hydrogens is 284 g/mol.